The molecule has 2 N–H and O–H groups in total. The van der Waals surface area contributed by atoms with Gasteiger partial charge in [0.15, 0.2) is 15.7 Å². The molecule has 2 aromatic heterocycles. The third-order valence-corrected chi connectivity index (χ3v) is 6.89. The van der Waals surface area contributed by atoms with Crippen LogP contribution in [0.5, 0.6) is 0 Å². The number of hydrogen-bond donors (Lipinski definition) is 2. The maximum atomic E-state index is 15.4. The highest BCUT2D eigenvalue weighted by Gasteiger charge is 2.21. The van der Waals surface area contributed by atoms with Gasteiger partial charge >= 0.3 is 6.09 Å². The number of hydrogen-bond acceptors (Lipinski definition) is 9. The van der Waals surface area contributed by atoms with Crippen molar-refractivity contribution in [1.82, 2.24) is 19.9 Å². The summed E-state index contributed by atoms with van der Waals surface area (Å²) in [4.78, 5) is 30.2. The maximum absolute atomic E-state index is 15.4. The summed E-state index contributed by atoms with van der Waals surface area (Å²) in [6, 6.07) is 8.98. The van der Waals surface area contributed by atoms with Crippen molar-refractivity contribution in [2.24, 2.45) is 0 Å². The number of amides is 1. The lowest BCUT2D eigenvalue weighted by Crippen LogP contribution is -2.37. The van der Waals surface area contributed by atoms with E-state index in [0.29, 0.717) is 54.2 Å². The molecular weight excluding hydrogens is 503 g/mol. The minimum absolute atomic E-state index is 0.0779. The van der Waals surface area contributed by atoms with Crippen molar-refractivity contribution in [2.75, 3.05) is 42.8 Å². The summed E-state index contributed by atoms with van der Waals surface area (Å²) < 4.78 is 45.0. The van der Waals surface area contributed by atoms with Crippen LogP contribution in [0.3, 0.4) is 0 Å². The van der Waals surface area contributed by atoms with Gasteiger partial charge in [0.1, 0.15) is 11.6 Å². The molecule has 3 heterocycles. The fourth-order valence-electron chi connectivity index (χ4n) is 4.00. The molecule has 0 atom stereocenters. The van der Waals surface area contributed by atoms with Crippen molar-refractivity contribution in [3.63, 3.8) is 0 Å². The van der Waals surface area contributed by atoms with Gasteiger partial charge in [-0.05, 0) is 29.8 Å². The highest BCUT2D eigenvalue weighted by molar-refractivity contribution is 7.90. The van der Waals surface area contributed by atoms with E-state index in [9.17, 15) is 13.2 Å². The molecule has 13 heteroatoms. The summed E-state index contributed by atoms with van der Waals surface area (Å²) in [5.74, 6) is 0.127. The third-order valence-electron chi connectivity index (χ3n) is 5.78. The van der Waals surface area contributed by atoms with E-state index in [1.54, 1.807) is 18.2 Å². The van der Waals surface area contributed by atoms with Gasteiger partial charge in [0.2, 0.25) is 5.95 Å². The molecule has 4 aromatic rings. The topological polar surface area (TPSA) is 148 Å². The number of carboxylic acid groups (broad SMARTS) is 1. The van der Waals surface area contributed by atoms with E-state index in [1.807, 2.05) is 4.90 Å². The molecule has 1 fully saturated rings. The van der Waals surface area contributed by atoms with Gasteiger partial charge in [0.05, 0.1) is 29.2 Å². The number of sulfone groups is 1. The zero-order chi connectivity index (χ0) is 26.2. The molecule has 1 saturated heterocycles. The second-order valence-electron chi connectivity index (χ2n) is 8.34. The van der Waals surface area contributed by atoms with Crippen LogP contribution in [0, 0.1) is 5.82 Å². The Kier molecular flexibility index (Phi) is 6.39. The molecule has 11 nitrogen and oxygen atoms in total. The lowest BCUT2D eigenvalue weighted by molar-refractivity contribution is 0.122. The third kappa shape index (κ3) is 5.17. The van der Waals surface area contributed by atoms with Crippen LogP contribution in [0.2, 0.25) is 0 Å². The monoisotopic (exact) mass is 524 g/mol. The number of rotatable bonds is 5. The van der Waals surface area contributed by atoms with Crippen LogP contribution < -0.4 is 10.2 Å². The Hall–Kier alpha value is -4.23. The summed E-state index contributed by atoms with van der Waals surface area (Å²) in [5, 5.41) is 11.4. The van der Waals surface area contributed by atoms with Crippen LogP contribution in [0.15, 0.2) is 53.7 Å². The predicted molar refractivity (Wildman–Crippen MR) is 134 cm³/mol. The minimum atomic E-state index is -3.49. The van der Waals surface area contributed by atoms with E-state index < -0.39 is 21.7 Å². The lowest BCUT2D eigenvalue weighted by atomic mass is 10.0. The molecule has 0 spiro atoms. The smallest absolute Gasteiger partial charge is 0.411 e. The van der Waals surface area contributed by atoms with Gasteiger partial charge in [-0.1, -0.05) is 12.1 Å². The van der Waals surface area contributed by atoms with Crippen LogP contribution in [-0.4, -0.2) is 72.1 Å². The second-order valence-corrected chi connectivity index (χ2v) is 10.4. The Morgan fingerprint density at radius 2 is 1.81 bits per heavy atom. The van der Waals surface area contributed by atoms with Crippen LogP contribution in [0.4, 0.5) is 21.0 Å². The molecule has 5 rings (SSSR count). The number of nitrogens with one attached hydrogen (secondary N) is 1. The Bertz CT molecular complexity index is 1610. The van der Waals surface area contributed by atoms with Crippen molar-refractivity contribution in [1.29, 1.82) is 0 Å². The fourth-order valence-corrected chi connectivity index (χ4v) is 4.66. The summed E-state index contributed by atoms with van der Waals surface area (Å²) in [5.41, 5.74) is 1.44. The van der Waals surface area contributed by atoms with Crippen LogP contribution >= 0.6 is 0 Å². The largest absolute Gasteiger partial charge is 0.465 e. The minimum Gasteiger partial charge on any atom is -0.465 e. The van der Waals surface area contributed by atoms with E-state index in [1.165, 1.54) is 30.6 Å². The first-order valence-corrected chi connectivity index (χ1v) is 13.0. The van der Waals surface area contributed by atoms with E-state index in [0.717, 1.165) is 6.26 Å². The maximum Gasteiger partial charge on any atom is 0.411 e. The number of halogens is 1. The van der Waals surface area contributed by atoms with E-state index in [2.05, 4.69) is 25.3 Å². The first-order chi connectivity index (χ1) is 17.7. The Morgan fingerprint density at radius 3 is 2.49 bits per heavy atom. The number of carbonyl (C=O) groups is 1. The van der Waals surface area contributed by atoms with Crippen molar-refractivity contribution in [2.45, 2.75) is 4.90 Å². The lowest BCUT2D eigenvalue weighted by Gasteiger charge is -2.29. The number of aromatic nitrogens is 4. The van der Waals surface area contributed by atoms with Gasteiger partial charge in [-0.2, -0.15) is 0 Å². The quantitative estimate of drug-likeness (QED) is 0.399. The number of morpholine rings is 1. The average molecular weight is 525 g/mol. The van der Waals surface area contributed by atoms with Gasteiger partial charge < -0.3 is 14.7 Å². The van der Waals surface area contributed by atoms with E-state index in [-0.39, 0.29) is 22.2 Å². The van der Waals surface area contributed by atoms with Crippen molar-refractivity contribution >= 4 is 38.6 Å². The second kappa shape index (κ2) is 9.67. The highest BCUT2D eigenvalue weighted by atomic mass is 32.2. The number of anilines is 2. The molecule has 0 radical (unpaired) electrons. The Balaban J connectivity index is 1.67. The van der Waals surface area contributed by atoms with Gasteiger partial charge in [0.25, 0.3) is 0 Å². The Morgan fingerprint density at radius 1 is 1.08 bits per heavy atom. The molecule has 1 aliphatic heterocycles. The first kappa shape index (κ1) is 24.5. The molecule has 0 saturated carbocycles. The number of benzene rings is 2. The molecule has 0 bridgehead atoms. The molecule has 190 valence electrons. The van der Waals surface area contributed by atoms with Gasteiger partial charge in [-0.3, -0.25) is 5.32 Å². The summed E-state index contributed by atoms with van der Waals surface area (Å²) in [6.07, 6.45) is 2.58. The van der Waals surface area contributed by atoms with E-state index in [4.69, 9.17) is 9.84 Å². The molecule has 0 aliphatic carbocycles. The zero-order valence-corrected chi connectivity index (χ0v) is 20.4. The number of ether oxygens (including phenoxy) is 1. The van der Waals surface area contributed by atoms with Crippen LogP contribution in [0.1, 0.15) is 0 Å². The van der Waals surface area contributed by atoms with Crippen molar-refractivity contribution < 1.29 is 27.4 Å². The summed E-state index contributed by atoms with van der Waals surface area (Å²) >= 11 is 0. The standard InChI is InChI=1S/C24H21FN6O5S/c1-37(34,35)16-4-2-3-14(9-16)17-11-20-18(10-19(17)25)22(31-5-7-36-8-6-31)29-21(28-20)15-12-26-23(27-13-15)30-24(32)33/h2-4,9-13H,5-8H2,1H3,(H,32,33)(H,26,27,30). The van der Waals surface area contributed by atoms with E-state index >= 15 is 4.39 Å². The normalized spacial score (nSPS) is 14.1. The number of nitrogens with zero attached hydrogens (tertiary/aromatic N) is 5. The first-order valence-electron chi connectivity index (χ1n) is 11.2. The van der Waals surface area contributed by atoms with Crippen LogP contribution in [-0.2, 0) is 14.6 Å². The molecular formula is C24H21FN6O5S. The SMILES string of the molecule is CS(=O)(=O)c1cccc(-c2cc3nc(-c4cnc(NC(=O)O)nc4)nc(N4CCOCC4)c3cc2F)c1. The highest BCUT2D eigenvalue weighted by Crippen LogP contribution is 2.34. The van der Waals surface area contributed by atoms with Crippen molar-refractivity contribution in [3.05, 3.63) is 54.6 Å². The Labute approximate surface area is 210 Å². The van der Waals surface area contributed by atoms with Crippen molar-refractivity contribution in [3.8, 4) is 22.5 Å². The summed E-state index contributed by atoms with van der Waals surface area (Å²) in [7, 11) is -3.49. The molecule has 0 unspecified atom stereocenters. The fraction of sp³-hybridized carbons (Fsp3) is 0.208. The molecule has 1 aliphatic rings. The van der Waals surface area contributed by atoms with Gasteiger partial charge in [-0.15, -0.1) is 0 Å². The average Bonchev–Trinajstić information content (AvgIpc) is 2.88. The van der Waals surface area contributed by atoms with Gasteiger partial charge in [-0.25, -0.2) is 37.5 Å². The molecule has 1 amide bonds. The molecule has 37 heavy (non-hydrogen) atoms. The van der Waals surface area contributed by atoms with Crippen LogP contribution in [0.25, 0.3) is 33.4 Å². The zero-order valence-electron chi connectivity index (χ0n) is 19.5. The van der Waals surface area contributed by atoms with Gasteiger partial charge in [0, 0.05) is 42.7 Å². The predicted octanol–water partition coefficient (Wildman–Crippen LogP) is 3.22. The number of fused-ring (bicyclic) bond motifs is 1. The molecule has 2 aromatic carbocycles. The summed E-state index contributed by atoms with van der Waals surface area (Å²) in [6.45, 7) is 2.06.